The van der Waals surface area contributed by atoms with Crippen LogP contribution >= 0.6 is 0 Å². The molecule has 1 unspecified atom stereocenters. The van der Waals surface area contributed by atoms with Gasteiger partial charge in [-0.15, -0.1) is 0 Å². The minimum Gasteiger partial charge on any atom is -0.609 e. The summed E-state index contributed by atoms with van der Waals surface area (Å²) in [4.78, 5) is 10.8. The van der Waals surface area contributed by atoms with Crippen molar-refractivity contribution in [3.05, 3.63) is 47.7 Å². The third-order valence-corrected chi connectivity index (χ3v) is 4.40. The largest absolute Gasteiger partial charge is 0.609 e. The summed E-state index contributed by atoms with van der Waals surface area (Å²) in [6, 6.07) is -0.365. The zero-order valence-corrected chi connectivity index (χ0v) is 13.8. The van der Waals surface area contributed by atoms with Gasteiger partial charge >= 0.3 is 5.16 Å². The number of methoxy groups -OCH3 is 1. The van der Waals surface area contributed by atoms with E-state index in [0.29, 0.717) is 0 Å². The van der Waals surface area contributed by atoms with Crippen LogP contribution in [0.25, 0.3) is 11.0 Å². The Morgan fingerprint density at radius 3 is 3.16 bits per heavy atom. The molecule has 0 radical (unpaired) electrons. The van der Waals surface area contributed by atoms with Gasteiger partial charge in [-0.05, 0) is 25.0 Å². The van der Waals surface area contributed by atoms with E-state index in [4.69, 9.17) is 18.4 Å². The number of para-hydroxylation sites is 2. The van der Waals surface area contributed by atoms with E-state index >= 15 is 0 Å². The summed E-state index contributed by atoms with van der Waals surface area (Å²) in [6.45, 7) is -2.82. The van der Waals surface area contributed by atoms with E-state index in [9.17, 15) is 4.55 Å². The molecule has 25 heavy (non-hydrogen) atoms. The van der Waals surface area contributed by atoms with Crippen molar-refractivity contribution < 1.29 is 27.7 Å². The molecule has 3 rings (SSSR count). The molecule has 0 bridgehead atoms. The molecular weight excluding hydrogens is 338 g/mol. The zero-order valence-electron chi connectivity index (χ0n) is 23.0. The Morgan fingerprint density at radius 2 is 2.28 bits per heavy atom. The fourth-order valence-electron chi connectivity index (χ4n) is 2.04. The van der Waals surface area contributed by atoms with Gasteiger partial charge in [-0.2, -0.15) is 4.98 Å². The summed E-state index contributed by atoms with van der Waals surface area (Å²) in [5.74, 6) is -0.403. The van der Waals surface area contributed by atoms with E-state index in [-0.39, 0.29) is 70.7 Å². The van der Waals surface area contributed by atoms with E-state index in [1.165, 1.54) is 12.3 Å². The number of nitrogens with zero attached hydrogens (tertiary/aromatic N) is 2. The summed E-state index contributed by atoms with van der Waals surface area (Å²) < 4.78 is 99.3. The number of nitrogens with one attached hydrogen (secondary N) is 1. The lowest BCUT2D eigenvalue weighted by Gasteiger charge is -2.12. The van der Waals surface area contributed by atoms with Gasteiger partial charge in [0.25, 0.3) is 0 Å². The second-order valence-corrected chi connectivity index (χ2v) is 6.30. The quantitative estimate of drug-likeness (QED) is 0.487. The fourth-order valence-corrected chi connectivity index (χ4v) is 3.06. The first-order chi connectivity index (χ1) is 16.2. The van der Waals surface area contributed by atoms with Gasteiger partial charge in [-0.1, -0.05) is 12.1 Å². The van der Waals surface area contributed by atoms with Crippen LogP contribution in [0.4, 0.5) is 0 Å². The molecule has 0 saturated heterocycles. The summed E-state index contributed by atoms with van der Waals surface area (Å²) >= 11 is -1.98. The van der Waals surface area contributed by atoms with Crippen molar-refractivity contribution in [2.45, 2.75) is 24.2 Å². The van der Waals surface area contributed by atoms with Gasteiger partial charge in [0.1, 0.15) is 5.75 Å². The van der Waals surface area contributed by atoms with Gasteiger partial charge in [0.15, 0.2) is 5.75 Å². The fraction of sp³-hybridized carbons (Fsp3) is 0.333. The lowest BCUT2D eigenvalue weighted by Crippen LogP contribution is -2.10. The van der Waals surface area contributed by atoms with Crippen LogP contribution in [0, 0.1) is 6.85 Å². The van der Waals surface area contributed by atoms with Gasteiger partial charge in [-0.25, -0.2) is 0 Å². The smallest absolute Gasteiger partial charge is 0.322 e. The first-order valence-corrected chi connectivity index (χ1v) is 8.62. The maximum Gasteiger partial charge on any atom is 0.322 e. The van der Waals surface area contributed by atoms with Crippen LogP contribution in [0.5, 0.6) is 5.75 Å². The first-order valence-electron chi connectivity index (χ1n) is 12.3. The predicted molar refractivity (Wildman–Crippen MR) is 97.2 cm³/mol. The van der Waals surface area contributed by atoms with Gasteiger partial charge in [0, 0.05) is 47.1 Å². The molecule has 1 aromatic carbocycles. The van der Waals surface area contributed by atoms with Crippen molar-refractivity contribution in [3.8, 4) is 5.75 Å². The van der Waals surface area contributed by atoms with Gasteiger partial charge in [0.2, 0.25) is 0 Å². The number of rotatable bonds is 8. The summed E-state index contributed by atoms with van der Waals surface area (Å²) in [5, 5.41) is -0.154. The lowest BCUT2D eigenvalue weighted by atomic mass is 10.2. The second kappa shape index (κ2) is 8.33. The summed E-state index contributed by atoms with van der Waals surface area (Å²) in [5.41, 5.74) is -0.399. The van der Waals surface area contributed by atoms with Crippen LogP contribution in [0.2, 0.25) is 0 Å². The Bertz CT molecular complexity index is 1170. The molecule has 0 aliphatic carbocycles. The number of hydrogen-bond acceptors (Lipinski definition) is 5. The van der Waals surface area contributed by atoms with Gasteiger partial charge < -0.3 is 14.0 Å². The van der Waals surface area contributed by atoms with Crippen LogP contribution in [0.1, 0.15) is 31.4 Å². The number of hydrogen-bond donors (Lipinski definition) is 1. The minimum absolute atomic E-state index is 0.0142. The maximum atomic E-state index is 13.0. The van der Waals surface area contributed by atoms with E-state index in [0.717, 1.165) is 0 Å². The third-order valence-electron chi connectivity index (χ3n) is 3.24. The molecule has 0 fully saturated rings. The van der Waals surface area contributed by atoms with Crippen LogP contribution in [-0.4, -0.2) is 39.8 Å². The molecule has 0 aliphatic heterocycles. The Kier molecular flexibility index (Phi) is 3.01. The van der Waals surface area contributed by atoms with Crippen molar-refractivity contribution >= 4 is 22.2 Å². The molecule has 132 valence electrons. The van der Waals surface area contributed by atoms with Crippen LogP contribution in [-0.2, 0) is 21.7 Å². The van der Waals surface area contributed by atoms with E-state index in [1.807, 2.05) is 0 Å². The molecule has 1 atom stereocenters. The van der Waals surface area contributed by atoms with Crippen molar-refractivity contribution in [1.29, 1.82) is 0 Å². The molecule has 3 aromatic rings. The second-order valence-electron chi connectivity index (χ2n) is 4.94. The molecule has 6 nitrogen and oxygen atoms in total. The summed E-state index contributed by atoms with van der Waals surface area (Å²) in [6.07, 6.45) is 1.47. The topological polar surface area (TPSA) is 83.1 Å². The zero-order chi connectivity index (χ0) is 26.1. The Hall–Kier alpha value is -2.09. The monoisotopic (exact) mass is 369 g/mol. The van der Waals surface area contributed by atoms with Crippen LogP contribution in [0.15, 0.2) is 41.6 Å². The number of fused-ring (bicyclic) bond motifs is 1. The number of imidazole rings is 1. The van der Waals surface area contributed by atoms with Crippen LogP contribution < -0.4 is 4.74 Å². The molecule has 0 amide bonds. The SMILES string of the molecule is [2H]c1c([2H])c([2H])c2[nH]c([S+]([O-])Cc3nccc(OCCCOC([2H])([2H])[2H])c3C([2H])([2H])[2H])nc2c1[2H]. The molecule has 0 saturated carbocycles. The number of aromatic nitrogens is 3. The van der Waals surface area contributed by atoms with Crippen molar-refractivity contribution in [3.63, 3.8) is 0 Å². The average molecular weight is 370 g/mol. The molecule has 0 aliphatic rings. The summed E-state index contributed by atoms with van der Waals surface area (Å²) in [7, 11) is -2.54. The van der Waals surface area contributed by atoms with E-state index < -0.39 is 37.2 Å². The highest BCUT2D eigenvalue weighted by atomic mass is 32.2. The maximum absolute atomic E-state index is 13.0. The van der Waals surface area contributed by atoms with Crippen molar-refractivity contribution in [1.82, 2.24) is 15.0 Å². The standard InChI is InChI=1S/C18H21N3O3S/c1-13-16(19-9-8-17(13)24-11-5-10-23-2)12-25(22)18-20-14-6-3-4-7-15(14)21-18/h3-4,6-9H,5,10-12H2,1-2H3,(H,20,21)/i1D3,2D3,3D,4D,6D,7D. The van der Waals surface area contributed by atoms with Gasteiger partial charge in [0.05, 0.1) is 32.9 Å². The van der Waals surface area contributed by atoms with Crippen molar-refractivity contribution in [2.24, 2.45) is 0 Å². The Balaban J connectivity index is 1.85. The van der Waals surface area contributed by atoms with Gasteiger partial charge in [-0.3, -0.25) is 9.97 Å². The Labute approximate surface area is 163 Å². The van der Waals surface area contributed by atoms with Crippen molar-refractivity contribution in [2.75, 3.05) is 20.3 Å². The number of H-pyrrole nitrogens is 1. The molecule has 2 heterocycles. The van der Waals surface area contributed by atoms with Crippen LogP contribution in [0.3, 0.4) is 0 Å². The lowest BCUT2D eigenvalue weighted by molar-refractivity contribution is 0.172. The van der Waals surface area contributed by atoms with E-state index in [2.05, 4.69) is 19.7 Å². The highest BCUT2D eigenvalue weighted by molar-refractivity contribution is 7.90. The number of benzene rings is 1. The normalized spacial score (nSPS) is 19.2. The average Bonchev–Trinajstić information content (AvgIpc) is 3.20. The molecular formula is C18H21N3O3S. The highest BCUT2D eigenvalue weighted by Gasteiger charge is 2.20. The number of aromatic amines is 1. The number of pyridine rings is 1. The number of ether oxygens (including phenoxy) is 2. The highest BCUT2D eigenvalue weighted by Crippen LogP contribution is 2.24. The predicted octanol–water partition coefficient (Wildman–Crippen LogP) is 2.99. The van der Waals surface area contributed by atoms with E-state index in [1.54, 1.807) is 0 Å². The first kappa shape index (κ1) is 9.02. The molecule has 2 aromatic heterocycles. The third kappa shape index (κ3) is 4.31. The molecule has 0 spiro atoms. The minimum atomic E-state index is -2.67. The molecule has 1 N–H and O–H groups in total. The Morgan fingerprint density at radius 1 is 1.36 bits per heavy atom. The molecule has 7 heteroatoms.